The van der Waals surface area contributed by atoms with Crippen LogP contribution in [0.1, 0.15) is 24.7 Å². The SMILES string of the molecule is c1ccc2[nH]c(C3CNC4CCN3CC4)nc2c1. The second kappa shape index (κ2) is 4.07. The molecule has 1 atom stereocenters. The molecule has 1 aromatic heterocycles. The second-order valence-corrected chi connectivity index (χ2v) is 5.37. The van der Waals surface area contributed by atoms with Gasteiger partial charge in [0.2, 0.25) is 0 Å². The maximum atomic E-state index is 4.76. The highest BCUT2D eigenvalue weighted by Crippen LogP contribution is 2.27. The van der Waals surface area contributed by atoms with Crippen LogP contribution in [0.4, 0.5) is 0 Å². The average Bonchev–Trinajstić information content (AvgIpc) is 2.61. The van der Waals surface area contributed by atoms with Gasteiger partial charge in [-0.3, -0.25) is 4.90 Å². The Hall–Kier alpha value is -1.39. The van der Waals surface area contributed by atoms with E-state index in [2.05, 4.69) is 33.4 Å². The number of rotatable bonds is 1. The average molecular weight is 242 g/mol. The third-order valence-electron chi connectivity index (χ3n) is 4.29. The van der Waals surface area contributed by atoms with Crippen molar-refractivity contribution >= 4 is 11.0 Å². The van der Waals surface area contributed by atoms with Crippen LogP contribution in [0.3, 0.4) is 0 Å². The van der Waals surface area contributed by atoms with Gasteiger partial charge in [0.05, 0.1) is 17.1 Å². The number of H-pyrrole nitrogens is 1. The number of piperidine rings is 1. The number of hydrogen-bond acceptors (Lipinski definition) is 3. The molecule has 4 heteroatoms. The molecule has 1 aromatic carbocycles. The summed E-state index contributed by atoms with van der Waals surface area (Å²) in [6.45, 7) is 3.41. The quantitative estimate of drug-likeness (QED) is 0.799. The van der Waals surface area contributed by atoms with Gasteiger partial charge in [-0.1, -0.05) is 12.1 Å². The molecule has 3 saturated heterocycles. The molecule has 18 heavy (non-hydrogen) atoms. The van der Waals surface area contributed by atoms with Gasteiger partial charge in [-0.25, -0.2) is 4.98 Å². The first-order chi connectivity index (χ1) is 8.90. The molecule has 0 radical (unpaired) electrons. The maximum Gasteiger partial charge on any atom is 0.125 e. The van der Waals surface area contributed by atoms with Crippen LogP contribution < -0.4 is 5.32 Å². The van der Waals surface area contributed by atoms with Crippen molar-refractivity contribution in [3.8, 4) is 0 Å². The Kier molecular flexibility index (Phi) is 2.38. The van der Waals surface area contributed by atoms with Crippen molar-refractivity contribution in [2.24, 2.45) is 0 Å². The van der Waals surface area contributed by atoms with Crippen LogP contribution in [0.2, 0.25) is 0 Å². The smallest absolute Gasteiger partial charge is 0.125 e. The summed E-state index contributed by atoms with van der Waals surface area (Å²) < 4.78 is 0. The number of fused-ring (bicyclic) bond motifs is 5. The summed E-state index contributed by atoms with van der Waals surface area (Å²) in [6.07, 6.45) is 2.55. The fourth-order valence-electron chi connectivity index (χ4n) is 3.22. The van der Waals surface area contributed by atoms with E-state index in [9.17, 15) is 0 Å². The molecular formula is C14H18N4. The molecule has 2 aromatic rings. The number of aromatic amines is 1. The van der Waals surface area contributed by atoms with E-state index in [-0.39, 0.29) is 0 Å². The number of nitrogens with zero attached hydrogens (tertiary/aromatic N) is 2. The highest BCUT2D eigenvalue weighted by molar-refractivity contribution is 5.74. The fraction of sp³-hybridized carbons (Fsp3) is 0.500. The normalized spacial score (nSPS) is 31.7. The lowest BCUT2D eigenvalue weighted by molar-refractivity contribution is 0.183. The number of hydrogen-bond donors (Lipinski definition) is 2. The van der Waals surface area contributed by atoms with Crippen LogP contribution in [0.15, 0.2) is 24.3 Å². The Bertz CT molecular complexity index is 521. The topological polar surface area (TPSA) is 44.0 Å². The van der Waals surface area contributed by atoms with Gasteiger partial charge >= 0.3 is 0 Å². The molecule has 3 aliphatic rings. The van der Waals surface area contributed by atoms with E-state index in [1.165, 1.54) is 25.9 Å². The van der Waals surface area contributed by atoms with E-state index < -0.39 is 0 Å². The van der Waals surface area contributed by atoms with Crippen LogP contribution in [0.25, 0.3) is 11.0 Å². The van der Waals surface area contributed by atoms with Gasteiger partial charge < -0.3 is 10.3 Å². The third kappa shape index (κ3) is 1.64. The van der Waals surface area contributed by atoms with Gasteiger partial charge in [-0.2, -0.15) is 0 Å². The van der Waals surface area contributed by atoms with Crippen molar-refractivity contribution in [1.82, 2.24) is 20.2 Å². The minimum atomic E-state index is 0.407. The highest BCUT2D eigenvalue weighted by atomic mass is 15.2. The Labute approximate surface area is 106 Å². The third-order valence-corrected chi connectivity index (χ3v) is 4.29. The Balaban J connectivity index is 1.72. The molecule has 4 heterocycles. The van der Waals surface area contributed by atoms with Crippen LogP contribution in [-0.4, -0.2) is 40.5 Å². The van der Waals surface area contributed by atoms with Crippen molar-refractivity contribution in [3.63, 3.8) is 0 Å². The Morgan fingerprint density at radius 1 is 1.17 bits per heavy atom. The highest BCUT2D eigenvalue weighted by Gasteiger charge is 2.32. The standard InChI is InChI=1S/C14H18N4/c1-2-4-12-11(3-1)16-14(17-12)13-9-15-10-5-7-18(13)8-6-10/h1-4,10,13,15H,5-9H2,(H,16,17). The van der Waals surface area contributed by atoms with E-state index in [4.69, 9.17) is 4.98 Å². The molecule has 0 aliphatic carbocycles. The monoisotopic (exact) mass is 242 g/mol. The summed E-state index contributed by atoms with van der Waals surface area (Å²) >= 11 is 0. The molecule has 5 rings (SSSR count). The molecule has 1 unspecified atom stereocenters. The molecular weight excluding hydrogens is 224 g/mol. The number of aromatic nitrogens is 2. The molecule has 94 valence electrons. The van der Waals surface area contributed by atoms with Crippen molar-refractivity contribution in [1.29, 1.82) is 0 Å². The molecule has 3 fully saturated rings. The Morgan fingerprint density at radius 2 is 2.00 bits per heavy atom. The van der Waals surface area contributed by atoms with E-state index >= 15 is 0 Å². The Morgan fingerprint density at radius 3 is 2.83 bits per heavy atom. The molecule has 0 saturated carbocycles. The van der Waals surface area contributed by atoms with E-state index in [1.807, 2.05) is 6.07 Å². The van der Waals surface area contributed by atoms with Gasteiger partial charge in [0.25, 0.3) is 0 Å². The summed E-state index contributed by atoms with van der Waals surface area (Å²) in [5.41, 5.74) is 2.22. The minimum absolute atomic E-state index is 0.407. The lowest BCUT2D eigenvalue weighted by Crippen LogP contribution is -2.36. The van der Waals surface area contributed by atoms with Gasteiger partial charge in [0.15, 0.2) is 0 Å². The molecule has 2 N–H and O–H groups in total. The number of benzene rings is 1. The largest absolute Gasteiger partial charge is 0.341 e. The first-order valence-corrected chi connectivity index (χ1v) is 6.82. The summed E-state index contributed by atoms with van der Waals surface area (Å²) in [5, 5.41) is 3.66. The van der Waals surface area contributed by atoms with E-state index in [0.29, 0.717) is 6.04 Å². The predicted octanol–water partition coefficient (Wildman–Crippen LogP) is 1.67. The van der Waals surface area contributed by atoms with E-state index in [1.54, 1.807) is 0 Å². The van der Waals surface area contributed by atoms with Gasteiger partial charge in [0, 0.05) is 25.7 Å². The van der Waals surface area contributed by atoms with Gasteiger partial charge in [0.1, 0.15) is 5.82 Å². The van der Waals surface area contributed by atoms with Crippen molar-refractivity contribution < 1.29 is 0 Å². The lowest BCUT2D eigenvalue weighted by Gasteiger charge is -2.30. The lowest BCUT2D eigenvalue weighted by atomic mass is 10.1. The number of imidazole rings is 1. The van der Waals surface area contributed by atoms with Crippen LogP contribution in [0, 0.1) is 0 Å². The molecule has 4 nitrogen and oxygen atoms in total. The van der Waals surface area contributed by atoms with Crippen LogP contribution in [0.5, 0.6) is 0 Å². The predicted molar refractivity (Wildman–Crippen MR) is 71.4 cm³/mol. The summed E-state index contributed by atoms with van der Waals surface area (Å²) in [6, 6.07) is 9.40. The van der Waals surface area contributed by atoms with Crippen LogP contribution >= 0.6 is 0 Å². The summed E-state index contributed by atoms with van der Waals surface area (Å²) in [5.74, 6) is 1.12. The zero-order chi connectivity index (χ0) is 11.9. The first kappa shape index (κ1) is 10.5. The molecule has 3 aliphatic heterocycles. The number of para-hydroxylation sites is 2. The van der Waals surface area contributed by atoms with Crippen molar-refractivity contribution in [3.05, 3.63) is 30.1 Å². The minimum Gasteiger partial charge on any atom is -0.341 e. The zero-order valence-corrected chi connectivity index (χ0v) is 10.4. The maximum absolute atomic E-state index is 4.76. The molecule has 2 bridgehead atoms. The number of nitrogens with one attached hydrogen (secondary N) is 2. The first-order valence-electron chi connectivity index (χ1n) is 6.82. The van der Waals surface area contributed by atoms with Crippen molar-refractivity contribution in [2.45, 2.75) is 24.9 Å². The second-order valence-electron chi connectivity index (χ2n) is 5.37. The van der Waals surface area contributed by atoms with Gasteiger partial charge in [-0.15, -0.1) is 0 Å². The molecule has 0 spiro atoms. The van der Waals surface area contributed by atoms with Crippen LogP contribution in [-0.2, 0) is 0 Å². The summed E-state index contributed by atoms with van der Waals surface area (Å²) in [7, 11) is 0. The van der Waals surface area contributed by atoms with E-state index in [0.717, 1.165) is 29.4 Å². The zero-order valence-electron chi connectivity index (χ0n) is 10.4. The van der Waals surface area contributed by atoms with Gasteiger partial charge in [-0.05, 0) is 25.0 Å². The fourth-order valence-corrected chi connectivity index (χ4v) is 3.22. The summed E-state index contributed by atoms with van der Waals surface area (Å²) in [4.78, 5) is 10.8. The van der Waals surface area contributed by atoms with Crippen molar-refractivity contribution in [2.75, 3.05) is 19.6 Å². The molecule has 0 amide bonds.